The molecule has 0 aromatic heterocycles. The molecule has 4 rings (SSSR count). The Balaban J connectivity index is 1.50. The Morgan fingerprint density at radius 3 is 1.29 bits per heavy atom. The molecule has 4 nitrogen and oxygen atoms in total. The summed E-state index contributed by atoms with van der Waals surface area (Å²) in [6.45, 7) is 3.94. The fourth-order valence-corrected chi connectivity index (χ4v) is 4.58. The summed E-state index contributed by atoms with van der Waals surface area (Å²) in [6, 6.07) is 28.8. The van der Waals surface area contributed by atoms with Crippen LogP contribution < -0.4 is 20.1 Å². The zero-order valence-electron chi connectivity index (χ0n) is 17.4. The van der Waals surface area contributed by atoms with Crippen LogP contribution in [0.5, 0.6) is 23.0 Å². The van der Waals surface area contributed by atoms with Crippen molar-refractivity contribution in [2.24, 2.45) is 0 Å². The predicted octanol–water partition coefficient (Wildman–Crippen LogP) is 6.11. The first-order valence-corrected chi connectivity index (χ1v) is 11.6. The van der Waals surface area contributed by atoms with Crippen molar-refractivity contribution in [3.63, 3.8) is 0 Å². The molecule has 0 saturated carbocycles. The fraction of sp³-hybridized carbons (Fsp3) is 0.0769. The number of para-hydroxylation sites is 2. The molecular weight excluding hydrogens is 407 g/mol. The van der Waals surface area contributed by atoms with Gasteiger partial charge in [-0.1, -0.05) is 36.4 Å². The molecule has 0 saturated heterocycles. The van der Waals surface area contributed by atoms with Crippen molar-refractivity contribution in [3.05, 3.63) is 108 Å². The van der Waals surface area contributed by atoms with Crippen molar-refractivity contribution in [2.75, 3.05) is 0 Å². The van der Waals surface area contributed by atoms with Crippen LogP contribution in [-0.4, -0.2) is 4.89 Å². The highest BCUT2D eigenvalue weighted by molar-refractivity contribution is 7.73. The maximum absolute atomic E-state index is 13.1. The van der Waals surface area contributed by atoms with Crippen molar-refractivity contribution < 1.29 is 18.9 Å². The van der Waals surface area contributed by atoms with Gasteiger partial charge < -0.3 is 14.4 Å². The van der Waals surface area contributed by atoms with Crippen molar-refractivity contribution in [3.8, 4) is 23.0 Å². The van der Waals surface area contributed by atoms with Gasteiger partial charge in [0.2, 0.25) is 0 Å². The topological polar surface area (TPSA) is 55.8 Å². The minimum atomic E-state index is -3.73. The van der Waals surface area contributed by atoms with Crippen LogP contribution in [-0.2, 0) is 4.57 Å². The highest BCUT2D eigenvalue weighted by Gasteiger charge is 2.24. The van der Waals surface area contributed by atoms with Gasteiger partial charge in [-0.3, -0.25) is 4.57 Å². The fourth-order valence-electron chi connectivity index (χ4n) is 3.18. The molecule has 0 aliphatic heterocycles. The third-order valence-electron chi connectivity index (χ3n) is 5.02. The lowest BCUT2D eigenvalue weighted by Crippen LogP contribution is -2.15. The Labute approximate surface area is 182 Å². The van der Waals surface area contributed by atoms with Crippen LogP contribution in [0.3, 0.4) is 0 Å². The number of hydrogen-bond acceptors (Lipinski definition) is 3. The molecule has 31 heavy (non-hydrogen) atoms. The van der Waals surface area contributed by atoms with Crippen LogP contribution in [0.4, 0.5) is 0 Å². The molecule has 0 atom stereocenters. The Bertz CT molecular complexity index is 1140. The van der Waals surface area contributed by atoms with Crippen LogP contribution in [0.1, 0.15) is 11.1 Å². The van der Waals surface area contributed by atoms with Gasteiger partial charge in [0, 0.05) is 10.6 Å². The second kappa shape index (κ2) is 8.81. The van der Waals surface area contributed by atoms with Crippen LogP contribution in [0.15, 0.2) is 97.1 Å². The molecule has 156 valence electrons. The van der Waals surface area contributed by atoms with Gasteiger partial charge in [0.1, 0.15) is 23.0 Å². The Morgan fingerprint density at radius 2 is 0.935 bits per heavy atom. The minimum absolute atomic E-state index is 0.345. The van der Waals surface area contributed by atoms with Gasteiger partial charge in [0.25, 0.3) is 7.37 Å². The number of aryl methyl sites for hydroxylation is 2. The third-order valence-corrected chi connectivity index (χ3v) is 7.01. The first-order chi connectivity index (χ1) is 14.9. The smallest absolute Gasteiger partial charge is 0.258 e. The van der Waals surface area contributed by atoms with E-state index in [1.807, 2.05) is 62.4 Å². The summed E-state index contributed by atoms with van der Waals surface area (Å²) in [7, 11) is -3.73. The zero-order chi connectivity index (χ0) is 21.8. The normalized spacial score (nSPS) is 11.2. The van der Waals surface area contributed by atoms with Crippen molar-refractivity contribution in [1.29, 1.82) is 0 Å². The summed E-state index contributed by atoms with van der Waals surface area (Å²) in [4.78, 5) is 10.8. The summed E-state index contributed by atoms with van der Waals surface area (Å²) in [5, 5.41) is 0.689. The summed E-state index contributed by atoms with van der Waals surface area (Å²) in [5.41, 5.74) is 2.04. The van der Waals surface area contributed by atoms with E-state index in [-0.39, 0.29) is 0 Å². The van der Waals surface area contributed by atoms with E-state index in [0.29, 0.717) is 22.1 Å². The molecule has 0 aliphatic rings. The van der Waals surface area contributed by atoms with Gasteiger partial charge in [0.05, 0.1) is 0 Å². The van der Waals surface area contributed by atoms with E-state index < -0.39 is 7.37 Å². The third kappa shape index (κ3) is 4.72. The van der Waals surface area contributed by atoms with E-state index in [0.717, 1.165) is 22.6 Å². The lowest BCUT2D eigenvalue weighted by Gasteiger charge is -2.14. The first-order valence-electron chi connectivity index (χ1n) is 9.94. The molecule has 5 heteroatoms. The average molecular weight is 430 g/mol. The highest BCUT2D eigenvalue weighted by Crippen LogP contribution is 2.39. The largest absolute Gasteiger partial charge is 0.457 e. The van der Waals surface area contributed by atoms with Crippen molar-refractivity contribution in [1.82, 2.24) is 0 Å². The Hall–Kier alpha value is -3.33. The summed E-state index contributed by atoms with van der Waals surface area (Å²) >= 11 is 0. The van der Waals surface area contributed by atoms with E-state index in [2.05, 4.69) is 0 Å². The molecular formula is C26H23O4P. The highest BCUT2D eigenvalue weighted by atomic mass is 31.2. The minimum Gasteiger partial charge on any atom is -0.457 e. The summed E-state index contributed by atoms with van der Waals surface area (Å²) in [6.07, 6.45) is 0. The Morgan fingerprint density at radius 1 is 0.581 bits per heavy atom. The molecule has 0 radical (unpaired) electrons. The van der Waals surface area contributed by atoms with Gasteiger partial charge >= 0.3 is 0 Å². The van der Waals surface area contributed by atoms with Crippen LogP contribution in [0, 0.1) is 13.8 Å². The maximum atomic E-state index is 13.1. The predicted molar refractivity (Wildman–Crippen MR) is 124 cm³/mol. The quantitative estimate of drug-likeness (QED) is 0.375. The molecule has 0 spiro atoms. The van der Waals surface area contributed by atoms with Crippen LogP contribution >= 0.6 is 7.37 Å². The van der Waals surface area contributed by atoms with Crippen molar-refractivity contribution >= 4 is 18.0 Å². The van der Waals surface area contributed by atoms with Gasteiger partial charge in [-0.2, -0.15) is 0 Å². The molecule has 1 N–H and O–H groups in total. The van der Waals surface area contributed by atoms with Gasteiger partial charge in [0.15, 0.2) is 0 Å². The molecule has 0 unspecified atom stereocenters. The van der Waals surface area contributed by atoms with E-state index >= 15 is 0 Å². The molecule has 4 aromatic rings. The number of hydrogen-bond donors (Lipinski definition) is 1. The number of benzene rings is 4. The van der Waals surface area contributed by atoms with E-state index in [9.17, 15) is 9.46 Å². The SMILES string of the molecule is Cc1ccccc1Oc1ccc(P(=O)(O)c2ccc(Oc3ccccc3C)cc2)cc1. The Kier molecular flexibility index (Phi) is 5.94. The zero-order valence-corrected chi connectivity index (χ0v) is 18.3. The van der Waals surface area contributed by atoms with Gasteiger partial charge in [-0.15, -0.1) is 0 Å². The lowest BCUT2D eigenvalue weighted by molar-refractivity contribution is 0.479. The molecule has 4 aromatic carbocycles. The second-order valence-electron chi connectivity index (χ2n) is 7.30. The first kappa shape index (κ1) is 20.9. The van der Waals surface area contributed by atoms with E-state index in [1.54, 1.807) is 48.5 Å². The lowest BCUT2D eigenvalue weighted by atomic mass is 10.2. The van der Waals surface area contributed by atoms with E-state index in [4.69, 9.17) is 9.47 Å². The standard InChI is InChI=1S/C26H23O4P/c1-19-7-3-5-9-25(19)29-21-11-15-23(16-12-21)31(27,28)24-17-13-22(14-18-24)30-26-10-6-4-8-20(26)2/h3-18H,1-2H3,(H,27,28). The molecule has 0 bridgehead atoms. The number of rotatable bonds is 6. The molecule has 0 heterocycles. The van der Waals surface area contributed by atoms with Crippen LogP contribution in [0.25, 0.3) is 0 Å². The second-order valence-corrected chi connectivity index (χ2v) is 9.48. The molecule has 0 fully saturated rings. The maximum Gasteiger partial charge on any atom is 0.258 e. The number of ether oxygens (including phenoxy) is 2. The van der Waals surface area contributed by atoms with E-state index in [1.165, 1.54) is 0 Å². The summed E-state index contributed by atoms with van der Waals surface area (Å²) in [5.74, 6) is 2.73. The van der Waals surface area contributed by atoms with Crippen molar-refractivity contribution in [2.45, 2.75) is 13.8 Å². The van der Waals surface area contributed by atoms with Crippen LogP contribution in [0.2, 0.25) is 0 Å². The summed E-state index contributed by atoms with van der Waals surface area (Å²) < 4.78 is 24.9. The average Bonchev–Trinajstić information content (AvgIpc) is 2.78. The molecule has 0 amide bonds. The van der Waals surface area contributed by atoms with Gasteiger partial charge in [-0.05, 0) is 85.6 Å². The van der Waals surface area contributed by atoms with Gasteiger partial charge in [-0.25, -0.2) is 0 Å². The molecule has 0 aliphatic carbocycles. The monoisotopic (exact) mass is 430 g/mol.